The molecule has 0 radical (unpaired) electrons. The second kappa shape index (κ2) is 5.30. The Labute approximate surface area is 106 Å². The van der Waals surface area contributed by atoms with Crippen LogP contribution in [-0.4, -0.2) is 6.36 Å². The van der Waals surface area contributed by atoms with Gasteiger partial charge in [0.25, 0.3) is 0 Å². The number of thiophene rings is 1. The van der Waals surface area contributed by atoms with Gasteiger partial charge in [0.1, 0.15) is 0 Å². The number of hydrogen-bond acceptors (Lipinski definition) is 3. The van der Waals surface area contributed by atoms with E-state index in [4.69, 9.17) is 0 Å². The van der Waals surface area contributed by atoms with E-state index in [2.05, 4.69) is 10.1 Å². The van der Waals surface area contributed by atoms with Crippen LogP contribution in [0.4, 0.5) is 18.9 Å². The molecule has 0 bridgehead atoms. The number of hydrogen-bond donors (Lipinski definition) is 1. The largest absolute Gasteiger partial charge is 0.573 e. The van der Waals surface area contributed by atoms with Crippen LogP contribution in [0.2, 0.25) is 0 Å². The van der Waals surface area contributed by atoms with Gasteiger partial charge in [0, 0.05) is 6.54 Å². The Balaban J connectivity index is 2.07. The van der Waals surface area contributed by atoms with Crippen molar-refractivity contribution < 1.29 is 17.9 Å². The van der Waals surface area contributed by atoms with Gasteiger partial charge < -0.3 is 10.1 Å². The topological polar surface area (TPSA) is 21.3 Å². The molecule has 0 saturated heterocycles. The van der Waals surface area contributed by atoms with Crippen LogP contribution in [-0.2, 0) is 6.54 Å². The van der Waals surface area contributed by atoms with Crippen LogP contribution >= 0.6 is 11.3 Å². The fraction of sp³-hybridized carbons (Fsp3) is 0.167. The van der Waals surface area contributed by atoms with Crippen molar-refractivity contribution in [2.24, 2.45) is 0 Å². The maximum atomic E-state index is 12.2. The molecule has 1 N–H and O–H groups in total. The number of nitrogens with one attached hydrogen (secondary N) is 1. The molecule has 6 heteroatoms. The third-order valence-electron chi connectivity index (χ3n) is 2.18. The summed E-state index contributed by atoms with van der Waals surface area (Å²) in [5, 5.41) is 6.76. The Morgan fingerprint density at radius 1 is 1.17 bits per heavy atom. The minimum absolute atomic E-state index is 0.222. The van der Waals surface area contributed by atoms with Gasteiger partial charge in [-0.15, -0.1) is 13.2 Å². The molecule has 18 heavy (non-hydrogen) atoms. The van der Waals surface area contributed by atoms with Crippen LogP contribution in [0.5, 0.6) is 5.75 Å². The second-order valence-electron chi connectivity index (χ2n) is 3.53. The normalized spacial score (nSPS) is 11.3. The number of halogens is 3. The van der Waals surface area contributed by atoms with Crippen LogP contribution in [0.25, 0.3) is 0 Å². The molecule has 96 valence electrons. The highest BCUT2D eigenvalue weighted by molar-refractivity contribution is 7.07. The number of rotatable bonds is 4. The number of alkyl halides is 3. The quantitative estimate of drug-likeness (QED) is 0.898. The molecule has 1 aromatic carbocycles. The highest BCUT2D eigenvalue weighted by Crippen LogP contribution is 2.30. The summed E-state index contributed by atoms with van der Waals surface area (Å²) >= 11 is 1.54. The minimum Gasteiger partial charge on any atom is -0.404 e. The van der Waals surface area contributed by atoms with Crippen molar-refractivity contribution in [3.05, 3.63) is 46.7 Å². The van der Waals surface area contributed by atoms with Gasteiger partial charge in [-0.2, -0.15) is 11.3 Å². The summed E-state index contributed by atoms with van der Waals surface area (Å²) in [6.45, 7) is 0.460. The lowest BCUT2D eigenvalue weighted by Gasteiger charge is -2.14. The van der Waals surface area contributed by atoms with Crippen LogP contribution < -0.4 is 10.1 Å². The smallest absolute Gasteiger partial charge is 0.404 e. The maximum Gasteiger partial charge on any atom is 0.573 e. The van der Waals surface area contributed by atoms with E-state index in [1.807, 2.05) is 16.8 Å². The molecule has 0 saturated carbocycles. The molecule has 0 aliphatic rings. The average Bonchev–Trinajstić information content (AvgIpc) is 2.79. The first kappa shape index (κ1) is 12.8. The molecule has 2 rings (SSSR count). The predicted octanol–water partition coefficient (Wildman–Crippen LogP) is 4.26. The van der Waals surface area contributed by atoms with Crippen molar-refractivity contribution in [1.29, 1.82) is 0 Å². The Bertz CT molecular complexity index is 496. The summed E-state index contributed by atoms with van der Waals surface area (Å²) in [5.74, 6) is -0.222. The summed E-state index contributed by atoms with van der Waals surface area (Å²) < 4.78 is 40.5. The number of benzene rings is 1. The molecule has 2 nitrogen and oxygen atoms in total. The van der Waals surface area contributed by atoms with Gasteiger partial charge in [-0.25, -0.2) is 0 Å². The van der Waals surface area contributed by atoms with Gasteiger partial charge in [-0.3, -0.25) is 0 Å². The Hall–Kier alpha value is -1.69. The first-order valence-corrected chi connectivity index (χ1v) is 6.08. The maximum absolute atomic E-state index is 12.2. The molecular weight excluding hydrogens is 263 g/mol. The number of para-hydroxylation sites is 2. The summed E-state index contributed by atoms with van der Waals surface area (Å²) in [6, 6.07) is 7.89. The SMILES string of the molecule is FC(F)(F)Oc1ccccc1NCc1ccsc1. The molecule has 0 aliphatic heterocycles. The predicted molar refractivity (Wildman–Crippen MR) is 64.8 cm³/mol. The standard InChI is InChI=1S/C12H10F3NOS/c13-12(14,15)17-11-4-2-1-3-10(11)16-7-9-5-6-18-8-9/h1-6,8,16H,7H2. The van der Waals surface area contributed by atoms with Crippen molar-refractivity contribution >= 4 is 17.0 Å². The molecule has 0 spiro atoms. The molecule has 0 fully saturated rings. The molecule has 2 aromatic rings. The fourth-order valence-corrected chi connectivity index (χ4v) is 2.09. The Morgan fingerprint density at radius 2 is 1.94 bits per heavy atom. The van der Waals surface area contributed by atoms with Crippen LogP contribution in [0.1, 0.15) is 5.56 Å². The van der Waals surface area contributed by atoms with Crippen molar-refractivity contribution in [1.82, 2.24) is 0 Å². The summed E-state index contributed by atoms with van der Waals surface area (Å²) in [5.41, 5.74) is 1.34. The number of anilines is 1. The third kappa shape index (κ3) is 3.66. The van der Waals surface area contributed by atoms with Crippen LogP contribution in [0.15, 0.2) is 41.1 Å². The Kier molecular flexibility index (Phi) is 3.76. The molecule has 1 aromatic heterocycles. The lowest BCUT2D eigenvalue weighted by Crippen LogP contribution is -2.18. The Morgan fingerprint density at radius 3 is 2.61 bits per heavy atom. The van der Waals surface area contributed by atoms with Crippen LogP contribution in [0.3, 0.4) is 0 Å². The van der Waals surface area contributed by atoms with E-state index >= 15 is 0 Å². The first-order valence-electron chi connectivity index (χ1n) is 5.14. The molecular formula is C12H10F3NOS. The van der Waals surface area contributed by atoms with Crippen molar-refractivity contribution in [2.75, 3.05) is 5.32 Å². The summed E-state index contributed by atoms with van der Waals surface area (Å²) in [6.07, 6.45) is -4.68. The number of ether oxygens (including phenoxy) is 1. The summed E-state index contributed by atoms with van der Waals surface area (Å²) in [4.78, 5) is 0. The zero-order chi connectivity index (χ0) is 13.0. The van der Waals surface area contributed by atoms with E-state index in [1.165, 1.54) is 23.5 Å². The minimum atomic E-state index is -4.68. The molecule has 0 aliphatic carbocycles. The second-order valence-corrected chi connectivity index (χ2v) is 4.31. The van der Waals surface area contributed by atoms with E-state index in [1.54, 1.807) is 12.1 Å². The fourth-order valence-electron chi connectivity index (χ4n) is 1.42. The average molecular weight is 273 g/mol. The highest BCUT2D eigenvalue weighted by Gasteiger charge is 2.31. The zero-order valence-electron chi connectivity index (χ0n) is 9.20. The third-order valence-corrected chi connectivity index (χ3v) is 2.91. The van der Waals surface area contributed by atoms with E-state index in [-0.39, 0.29) is 5.75 Å². The van der Waals surface area contributed by atoms with E-state index in [9.17, 15) is 13.2 Å². The summed E-state index contributed by atoms with van der Waals surface area (Å²) in [7, 11) is 0. The highest BCUT2D eigenvalue weighted by atomic mass is 32.1. The van der Waals surface area contributed by atoms with E-state index in [0.29, 0.717) is 12.2 Å². The lowest BCUT2D eigenvalue weighted by molar-refractivity contribution is -0.274. The van der Waals surface area contributed by atoms with Crippen molar-refractivity contribution in [3.8, 4) is 5.75 Å². The molecule has 0 unspecified atom stereocenters. The monoisotopic (exact) mass is 273 g/mol. The molecule has 0 amide bonds. The van der Waals surface area contributed by atoms with Gasteiger partial charge in [-0.1, -0.05) is 12.1 Å². The van der Waals surface area contributed by atoms with Gasteiger partial charge in [-0.05, 0) is 34.5 Å². The van der Waals surface area contributed by atoms with Crippen molar-refractivity contribution in [3.63, 3.8) is 0 Å². The van der Waals surface area contributed by atoms with Gasteiger partial charge in [0.2, 0.25) is 0 Å². The molecule has 1 heterocycles. The van der Waals surface area contributed by atoms with Gasteiger partial charge >= 0.3 is 6.36 Å². The van der Waals surface area contributed by atoms with Gasteiger partial charge in [0.15, 0.2) is 5.75 Å². The van der Waals surface area contributed by atoms with Crippen LogP contribution in [0, 0.1) is 0 Å². The van der Waals surface area contributed by atoms with Crippen molar-refractivity contribution in [2.45, 2.75) is 12.9 Å². The molecule has 0 atom stereocenters. The van der Waals surface area contributed by atoms with Gasteiger partial charge in [0.05, 0.1) is 5.69 Å². The van der Waals surface area contributed by atoms with E-state index in [0.717, 1.165) is 5.56 Å². The van der Waals surface area contributed by atoms with E-state index < -0.39 is 6.36 Å². The lowest BCUT2D eigenvalue weighted by atomic mass is 10.2. The first-order chi connectivity index (χ1) is 8.54. The zero-order valence-corrected chi connectivity index (χ0v) is 10.0.